The molecule has 3 nitrogen and oxygen atoms in total. The highest BCUT2D eigenvalue weighted by Crippen LogP contribution is 2.72. The number of hydrogen-bond donors (Lipinski definition) is 1. The molecule has 23 heavy (non-hydrogen) atoms. The average molecular weight is 343 g/mol. The molecule has 2 saturated carbocycles. The summed E-state index contributed by atoms with van der Waals surface area (Å²) in [5.74, 6) is 1.11. The lowest BCUT2D eigenvalue weighted by atomic mass is 9.69. The Bertz CT molecular complexity index is 419. The minimum Gasteiger partial charge on any atom is -0.393 e. The van der Waals surface area contributed by atoms with Gasteiger partial charge in [-0.25, -0.2) is 0 Å². The SMILES string of the molecule is CCO[Si](CC(C)CC)(OCC)C1(O)CC2CCC1(C)C2(C)C. The lowest BCUT2D eigenvalue weighted by Crippen LogP contribution is -2.70. The van der Waals surface area contributed by atoms with E-state index in [9.17, 15) is 5.11 Å². The summed E-state index contributed by atoms with van der Waals surface area (Å²) in [5, 5.41) is 11.3. The minimum atomic E-state index is -2.73. The standard InChI is InChI=1S/C19H38O3Si/c1-8-15(4)14-23(21-9-2,22-10-3)19(20)13-16-11-12-18(19,7)17(16,5)6/h15-16,20H,8-14H2,1-7H3. The highest BCUT2D eigenvalue weighted by Gasteiger charge is 2.77. The van der Waals surface area contributed by atoms with Crippen LogP contribution in [0.15, 0.2) is 0 Å². The van der Waals surface area contributed by atoms with Gasteiger partial charge >= 0.3 is 8.56 Å². The molecule has 2 bridgehead atoms. The molecular weight excluding hydrogens is 304 g/mol. The molecule has 4 heteroatoms. The predicted octanol–water partition coefficient (Wildman–Crippen LogP) is 4.66. The molecule has 0 aromatic carbocycles. The van der Waals surface area contributed by atoms with E-state index in [-0.39, 0.29) is 10.8 Å². The molecule has 4 unspecified atom stereocenters. The molecule has 0 amide bonds. The van der Waals surface area contributed by atoms with Crippen LogP contribution in [0.2, 0.25) is 6.04 Å². The normalized spacial score (nSPS) is 37.3. The third-order valence-corrected chi connectivity index (χ3v) is 12.3. The van der Waals surface area contributed by atoms with Crippen molar-refractivity contribution in [3.8, 4) is 0 Å². The second-order valence-corrected chi connectivity index (χ2v) is 12.0. The van der Waals surface area contributed by atoms with Gasteiger partial charge in [-0.2, -0.15) is 0 Å². The van der Waals surface area contributed by atoms with E-state index < -0.39 is 13.8 Å². The summed E-state index contributed by atoms with van der Waals surface area (Å²) < 4.78 is 12.8. The zero-order chi connectivity index (χ0) is 17.5. The summed E-state index contributed by atoms with van der Waals surface area (Å²) in [6.45, 7) is 16.8. The van der Waals surface area contributed by atoms with Crippen molar-refractivity contribution in [3.05, 3.63) is 0 Å². The highest BCUT2D eigenvalue weighted by molar-refractivity contribution is 6.71. The molecule has 0 aliphatic heterocycles. The fourth-order valence-corrected chi connectivity index (χ4v) is 10.6. The Hall–Kier alpha value is 0.0969. The Morgan fingerprint density at radius 1 is 1.13 bits per heavy atom. The van der Waals surface area contributed by atoms with Gasteiger partial charge in [-0.15, -0.1) is 0 Å². The number of aliphatic hydroxyl groups is 1. The zero-order valence-corrected chi connectivity index (χ0v) is 17.4. The molecule has 2 rings (SSSR count). The van der Waals surface area contributed by atoms with Crippen LogP contribution in [0.25, 0.3) is 0 Å². The van der Waals surface area contributed by atoms with Crippen LogP contribution in [-0.2, 0) is 8.85 Å². The van der Waals surface area contributed by atoms with Gasteiger partial charge in [-0.05, 0) is 56.4 Å². The van der Waals surface area contributed by atoms with Crippen molar-refractivity contribution in [2.45, 2.75) is 85.4 Å². The van der Waals surface area contributed by atoms with Gasteiger partial charge in [-0.3, -0.25) is 0 Å². The fraction of sp³-hybridized carbons (Fsp3) is 1.00. The molecule has 1 N–H and O–H groups in total. The molecule has 0 saturated heterocycles. The maximum atomic E-state index is 12.1. The van der Waals surface area contributed by atoms with E-state index in [0.717, 1.165) is 25.3 Å². The molecule has 0 heterocycles. The summed E-state index contributed by atoms with van der Waals surface area (Å²) in [6.07, 6.45) is 4.29. The van der Waals surface area contributed by atoms with Gasteiger partial charge in [0.1, 0.15) is 5.22 Å². The first kappa shape index (κ1) is 19.4. The van der Waals surface area contributed by atoms with Crippen molar-refractivity contribution in [1.29, 1.82) is 0 Å². The van der Waals surface area contributed by atoms with E-state index in [4.69, 9.17) is 8.85 Å². The number of fused-ring (bicyclic) bond motifs is 2. The Balaban J connectivity index is 2.49. The predicted molar refractivity (Wildman–Crippen MR) is 97.4 cm³/mol. The maximum Gasteiger partial charge on any atom is 0.371 e. The van der Waals surface area contributed by atoms with Gasteiger partial charge < -0.3 is 14.0 Å². The van der Waals surface area contributed by atoms with Crippen LogP contribution < -0.4 is 0 Å². The van der Waals surface area contributed by atoms with Crippen molar-refractivity contribution >= 4 is 8.56 Å². The van der Waals surface area contributed by atoms with Gasteiger partial charge in [0.2, 0.25) is 0 Å². The second kappa shape index (κ2) is 6.43. The van der Waals surface area contributed by atoms with Crippen LogP contribution >= 0.6 is 0 Å². The molecular formula is C19H38O3Si. The van der Waals surface area contributed by atoms with Crippen LogP contribution in [0.3, 0.4) is 0 Å². The minimum absolute atomic E-state index is 0.102. The van der Waals surface area contributed by atoms with Crippen LogP contribution in [0, 0.1) is 22.7 Å². The van der Waals surface area contributed by atoms with Crippen LogP contribution in [-0.4, -0.2) is 32.1 Å². The molecule has 4 atom stereocenters. The topological polar surface area (TPSA) is 38.7 Å². The monoisotopic (exact) mass is 342 g/mol. The molecule has 0 aromatic heterocycles. The van der Waals surface area contributed by atoms with Crippen LogP contribution in [0.5, 0.6) is 0 Å². The van der Waals surface area contributed by atoms with Gasteiger partial charge in [0.25, 0.3) is 0 Å². The highest BCUT2D eigenvalue weighted by atomic mass is 28.4. The Morgan fingerprint density at radius 2 is 1.70 bits per heavy atom. The van der Waals surface area contributed by atoms with Crippen molar-refractivity contribution < 1.29 is 14.0 Å². The Morgan fingerprint density at radius 3 is 2.04 bits per heavy atom. The molecule has 2 fully saturated rings. The quantitative estimate of drug-likeness (QED) is 0.652. The summed E-state index contributed by atoms with van der Waals surface area (Å²) in [7, 11) is -2.73. The van der Waals surface area contributed by atoms with Gasteiger partial charge in [0, 0.05) is 18.6 Å². The Labute approximate surface area is 144 Å². The lowest BCUT2D eigenvalue weighted by molar-refractivity contribution is -0.0708. The second-order valence-electron chi connectivity index (χ2n) is 8.69. The largest absolute Gasteiger partial charge is 0.393 e. The molecule has 0 aromatic rings. The van der Waals surface area contributed by atoms with E-state index in [1.807, 2.05) is 13.8 Å². The van der Waals surface area contributed by atoms with Gasteiger partial charge in [0.15, 0.2) is 0 Å². The number of rotatable bonds is 8. The summed E-state index contributed by atoms with van der Waals surface area (Å²) in [5.41, 5.74) is 0.0539. The van der Waals surface area contributed by atoms with Gasteiger partial charge in [-0.1, -0.05) is 41.0 Å². The lowest BCUT2D eigenvalue weighted by Gasteiger charge is -2.53. The summed E-state index contributed by atoms with van der Waals surface area (Å²) in [6, 6.07) is 0.903. The van der Waals surface area contributed by atoms with E-state index in [2.05, 4.69) is 34.6 Å². The first-order chi connectivity index (χ1) is 10.6. The van der Waals surface area contributed by atoms with Crippen LogP contribution in [0.4, 0.5) is 0 Å². The van der Waals surface area contributed by atoms with Crippen molar-refractivity contribution in [2.75, 3.05) is 13.2 Å². The van der Waals surface area contributed by atoms with Gasteiger partial charge in [0.05, 0.1) is 0 Å². The Kier molecular flexibility index (Phi) is 5.43. The fourth-order valence-electron chi connectivity index (χ4n) is 5.49. The summed E-state index contributed by atoms with van der Waals surface area (Å²) >= 11 is 0. The van der Waals surface area contributed by atoms with Crippen molar-refractivity contribution in [2.24, 2.45) is 22.7 Å². The maximum absolute atomic E-state index is 12.1. The molecule has 0 spiro atoms. The molecule has 2 aliphatic carbocycles. The first-order valence-electron chi connectivity index (χ1n) is 9.64. The molecule has 0 radical (unpaired) electrons. The molecule has 2 aliphatic rings. The van der Waals surface area contributed by atoms with Crippen molar-refractivity contribution in [3.63, 3.8) is 0 Å². The summed E-state index contributed by atoms with van der Waals surface area (Å²) in [4.78, 5) is 0. The average Bonchev–Trinajstić information content (AvgIpc) is 2.79. The zero-order valence-electron chi connectivity index (χ0n) is 16.4. The smallest absolute Gasteiger partial charge is 0.371 e. The van der Waals surface area contributed by atoms with Crippen molar-refractivity contribution in [1.82, 2.24) is 0 Å². The molecule has 136 valence electrons. The van der Waals surface area contributed by atoms with E-state index >= 15 is 0 Å². The third-order valence-electron chi connectivity index (χ3n) is 7.59. The van der Waals surface area contributed by atoms with E-state index in [0.29, 0.717) is 25.0 Å². The third kappa shape index (κ3) is 2.56. The van der Waals surface area contributed by atoms with E-state index in [1.54, 1.807) is 0 Å². The van der Waals surface area contributed by atoms with E-state index in [1.165, 1.54) is 6.42 Å². The number of hydrogen-bond acceptors (Lipinski definition) is 3. The first-order valence-corrected chi connectivity index (χ1v) is 11.7. The van der Waals surface area contributed by atoms with Crippen LogP contribution in [0.1, 0.15) is 74.1 Å².